The van der Waals surface area contributed by atoms with E-state index in [0.717, 1.165) is 0 Å². The highest BCUT2D eigenvalue weighted by molar-refractivity contribution is 7.87. The maximum absolute atomic E-state index is 12.4. The van der Waals surface area contributed by atoms with Crippen molar-refractivity contribution in [1.29, 1.82) is 5.26 Å². The molecule has 23 heavy (non-hydrogen) atoms. The molecule has 0 amide bonds. The molecule has 2 aromatic rings. The molecule has 0 aromatic heterocycles. The first kappa shape index (κ1) is 17.4. The number of halogens is 2. The van der Waals surface area contributed by atoms with Crippen LogP contribution in [0.2, 0.25) is 10.0 Å². The van der Waals surface area contributed by atoms with Crippen molar-refractivity contribution in [2.24, 2.45) is 0 Å². The molecule has 5 nitrogen and oxygen atoms in total. The van der Waals surface area contributed by atoms with E-state index in [0.29, 0.717) is 5.56 Å². The van der Waals surface area contributed by atoms with E-state index in [1.807, 2.05) is 6.07 Å². The number of ether oxygens (including phenoxy) is 1. The van der Waals surface area contributed by atoms with Gasteiger partial charge in [-0.3, -0.25) is 0 Å². The van der Waals surface area contributed by atoms with Crippen LogP contribution in [-0.2, 0) is 10.1 Å². The van der Waals surface area contributed by atoms with Crippen LogP contribution in [0.25, 0.3) is 0 Å². The van der Waals surface area contributed by atoms with Crippen molar-refractivity contribution in [1.82, 2.24) is 0 Å². The van der Waals surface area contributed by atoms with Crippen LogP contribution in [0.15, 0.2) is 41.3 Å². The highest BCUT2D eigenvalue weighted by Gasteiger charge is 2.23. The van der Waals surface area contributed by atoms with Crippen LogP contribution < -0.4 is 8.92 Å². The summed E-state index contributed by atoms with van der Waals surface area (Å²) in [6.45, 7) is 2.01. The lowest BCUT2D eigenvalue weighted by Crippen LogP contribution is -2.11. The predicted octanol–water partition coefficient (Wildman–Crippen LogP) is 4.03. The van der Waals surface area contributed by atoms with Crippen LogP contribution in [-0.4, -0.2) is 15.0 Å². The van der Waals surface area contributed by atoms with Gasteiger partial charge in [0.2, 0.25) is 0 Å². The van der Waals surface area contributed by atoms with E-state index in [1.165, 1.54) is 36.4 Å². The van der Waals surface area contributed by atoms with Crippen molar-refractivity contribution >= 4 is 33.3 Å². The lowest BCUT2D eigenvalue weighted by molar-refractivity contribution is 0.327. The first-order valence-electron chi connectivity index (χ1n) is 6.44. The SMILES string of the molecule is CCOc1cc(C#N)ccc1OS(=O)(=O)c1cc(Cl)ccc1Cl. The van der Waals surface area contributed by atoms with Crippen molar-refractivity contribution in [2.45, 2.75) is 11.8 Å². The van der Waals surface area contributed by atoms with Crippen LogP contribution in [0, 0.1) is 11.3 Å². The van der Waals surface area contributed by atoms with Gasteiger partial charge < -0.3 is 8.92 Å². The van der Waals surface area contributed by atoms with E-state index in [1.54, 1.807) is 6.92 Å². The van der Waals surface area contributed by atoms with E-state index in [4.69, 9.17) is 37.4 Å². The smallest absolute Gasteiger partial charge is 0.340 e. The second-order valence-electron chi connectivity index (χ2n) is 4.32. The summed E-state index contributed by atoms with van der Waals surface area (Å²) < 4.78 is 35.2. The van der Waals surface area contributed by atoms with Crippen molar-refractivity contribution < 1.29 is 17.3 Å². The van der Waals surface area contributed by atoms with Crippen molar-refractivity contribution in [3.63, 3.8) is 0 Å². The Morgan fingerprint density at radius 3 is 2.52 bits per heavy atom. The monoisotopic (exact) mass is 371 g/mol. The average molecular weight is 372 g/mol. The Hall–Kier alpha value is -1.94. The molecule has 0 bridgehead atoms. The minimum absolute atomic E-state index is 0.0130. The zero-order valence-corrected chi connectivity index (χ0v) is 14.2. The number of nitrogens with zero attached hydrogens (tertiary/aromatic N) is 1. The number of rotatable bonds is 5. The lowest BCUT2D eigenvalue weighted by atomic mass is 10.2. The molecule has 2 rings (SSSR count). The molecule has 0 aliphatic carbocycles. The summed E-state index contributed by atoms with van der Waals surface area (Å²) in [6, 6.07) is 10.1. The van der Waals surface area contributed by atoms with Gasteiger partial charge in [-0.05, 0) is 37.3 Å². The number of nitriles is 1. The average Bonchev–Trinajstić information content (AvgIpc) is 2.51. The van der Waals surface area contributed by atoms with Crippen molar-refractivity contribution in [3.8, 4) is 17.6 Å². The molecule has 8 heteroatoms. The van der Waals surface area contributed by atoms with Crippen LogP contribution in [0.5, 0.6) is 11.5 Å². The fourth-order valence-corrected chi connectivity index (χ4v) is 3.43. The van der Waals surface area contributed by atoms with Gasteiger partial charge in [-0.2, -0.15) is 13.7 Å². The molecule has 0 saturated heterocycles. The predicted molar refractivity (Wildman–Crippen MR) is 86.6 cm³/mol. The minimum Gasteiger partial charge on any atom is -0.490 e. The highest BCUT2D eigenvalue weighted by atomic mass is 35.5. The molecule has 0 heterocycles. The molecule has 120 valence electrons. The highest BCUT2D eigenvalue weighted by Crippen LogP contribution is 2.33. The van der Waals surface area contributed by atoms with E-state index >= 15 is 0 Å². The van der Waals surface area contributed by atoms with Gasteiger partial charge >= 0.3 is 10.1 Å². The second-order valence-corrected chi connectivity index (χ2v) is 6.68. The standard InChI is InChI=1S/C15H11Cl2NO4S/c1-2-21-14-7-10(9-18)3-6-13(14)22-23(19,20)15-8-11(16)4-5-12(15)17/h3-8H,2H2,1H3. The van der Waals surface area contributed by atoms with Crippen LogP contribution in [0.3, 0.4) is 0 Å². The molecule has 0 fully saturated rings. The van der Waals surface area contributed by atoms with E-state index in [-0.39, 0.29) is 33.0 Å². The molecule has 0 saturated carbocycles. The number of hydrogen-bond acceptors (Lipinski definition) is 5. The second kappa shape index (κ2) is 7.09. The number of benzene rings is 2. The largest absolute Gasteiger partial charge is 0.490 e. The molecule has 0 radical (unpaired) electrons. The van der Waals surface area contributed by atoms with Gasteiger partial charge in [-0.15, -0.1) is 0 Å². The van der Waals surface area contributed by atoms with Gasteiger partial charge in [0.1, 0.15) is 4.90 Å². The summed E-state index contributed by atoms with van der Waals surface area (Å²) in [5.41, 5.74) is 0.319. The summed E-state index contributed by atoms with van der Waals surface area (Å²) in [5.74, 6) is 0.107. The zero-order chi connectivity index (χ0) is 17.0. The Kier molecular flexibility index (Phi) is 5.37. The van der Waals surface area contributed by atoms with E-state index in [9.17, 15) is 8.42 Å². The Balaban J connectivity index is 2.45. The summed E-state index contributed by atoms with van der Waals surface area (Å²) in [6.07, 6.45) is 0. The molecule has 0 unspecified atom stereocenters. The molecule has 0 aliphatic rings. The Labute approximate surface area is 144 Å². The first-order chi connectivity index (χ1) is 10.9. The first-order valence-corrected chi connectivity index (χ1v) is 8.60. The summed E-state index contributed by atoms with van der Waals surface area (Å²) in [5, 5.41) is 9.10. The van der Waals surface area contributed by atoms with Gasteiger partial charge in [0.25, 0.3) is 0 Å². The fourth-order valence-electron chi connectivity index (χ4n) is 1.75. The third kappa shape index (κ3) is 4.08. The Morgan fingerprint density at radius 1 is 1.13 bits per heavy atom. The van der Waals surface area contributed by atoms with E-state index in [2.05, 4.69) is 0 Å². The molecule has 2 aromatic carbocycles. The van der Waals surface area contributed by atoms with E-state index < -0.39 is 10.1 Å². The van der Waals surface area contributed by atoms with Gasteiger partial charge in [-0.25, -0.2) is 0 Å². The molecular formula is C15H11Cl2NO4S. The van der Waals surface area contributed by atoms with Crippen LogP contribution >= 0.6 is 23.2 Å². The van der Waals surface area contributed by atoms with Crippen LogP contribution in [0.1, 0.15) is 12.5 Å². The minimum atomic E-state index is -4.21. The summed E-state index contributed by atoms with van der Waals surface area (Å²) >= 11 is 11.7. The molecule has 0 N–H and O–H groups in total. The maximum Gasteiger partial charge on any atom is 0.340 e. The molecule has 0 atom stereocenters. The summed E-state index contributed by atoms with van der Waals surface area (Å²) in [4.78, 5) is -0.251. The van der Waals surface area contributed by atoms with Gasteiger partial charge in [-0.1, -0.05) is 23.2 Å². The third-order valence-corrected chi connectivity index (χ3v) is 4.69. The van der Waals surface area contributed by atoms with Crippen molar-refractivity contribution in [2.75, 3.05) is 6.61 Å². The Bertz CT molecular complexity index is 876. The summed E-state index contributed by atoms with van der Waals surface area (Å²) in [7, 11) is -4.21. The normalized spacial score (nSPS) is 10.9. The Morgan fingerprint density at radius 2 is 1.87 bits per heavy atom. The van der Waals surface area contributed by atoms with Gasteiger partial charge in [0.15, 0.2) is 11.5 Å². The third-order valence-electron chi connectivity index (χ3n) is 2.73. The van der Waals surface area contributed by atoms with Crippen LogP contribution in [0.4, 0.5) is 0 Å². The number of hydrogen-bond donors (Lipinski definition) is 0. The molecule has 0 spiro atoms. The molecular weight excluding hydrogens is 361 g/mol. The van der Waals surface area contributed by atoms with Gasteiger partial charge in [0, 0.05) is 11.1 Å². The van der Waals surface area contributed by atoms with Gasteiger partial charge in [0.05, 0.1) is 23.3 Å². The maximum atomic E-state index is 12.4. The van der Waals surface area contributed by atoms with Crippen molar-refractivity contribution in [3.05, 3.63) is 52.0 Å². The lowest BCUT2D eigenvalue weighted by Gasteiger charge is -2.13. The molecule has 0 aliphatic heterocycles. The zero-order valence-electron chi connectivity index (χ0n) is 11.9. The topological polar surface area (TPSA) is 76.4 Å². The fraction of sp³-hybridized carbons (Fsp3) is 0.133. The quantitative estimate of drug-likeness (QED) is 0.741.